The first-order chi connectivity index (χ1) is 11.6. The third-order valence-electron chi connectivity index (χ3n) is 4.89. The van der Waals surface area contributed by atoms with Gasteiger partial charge < -0.3 is 15.5 Å². The molecule has 3 rings (SSSR count). The van der Waals surface area contributed by atoms with Gasteiger partial charge in [0.25, 0.3) is 0 Å². The average molecular weight is 333 g/mol. The Bertz CT molecular complexity index is 622. The van der Waals surface area contributed by atoms with Crippen LogP contribution in [-0.2, 0) is 9.59 Å². The molecule has 1 unspecified atom stereocenters. The Morgan fingerprint density at radius 2 is 2.12 bits per heavy atom. The van der Waals surface area contributed by atoms with Crippen LogP contribution in [0, 0.1) is 11.7 Å². The number of nitrogens with one attached hydrogen (secondary N) is 2. The molecule has 24 heavy (non-hydrogen) atoms. The molecule has 2 aliphatic rings. The first-order valence-corrected chi connectivity index (χ1v) is 8.66. The van der Waals surface area contributed by atoms with E-state index in [-0.39, 0.29) is 23.4 Å². The van der Waals surface area contributed by atoms with Gasteiger partial charge in [0.1, 0.15) is 11.9 Å². The maximum atomic E-state index is 14.0. The Hall–Kier alpha value is -1.95. The molecule has 2 aliphatic heterocycles. The van der Waals surface area contributed by atoms with Gasteiger partial charge in [0.15, 0.2) is 0 Å². The number of carbonyl (C=O) groups excluding carboxylic acids is 2. The van der Waals surface area contributed by atoms with Gasteiger partial charge in [-0.15, -0.1) is 0 Å². The van der Waals surface area contributed by atoms with Gasteiger partial charge in [0.05, 0.1) is 5.69 Å². The van der Waals surface area contributed by atoms with Gasteiger partial charge in [0, 0.05) is 18.5 Å². The summed E-state index contributed by atoms with van der Waals surface area (Å²) in [6.45, 7) is 3.36. The zero-order valence-electron chi connectivity index (χ0n) is 13.9. The molecule has 2 saturated heterocycles. The zero-order chi connectivity index (χ0) is 17.1. The number of anilines is 1. The second-order valence-electron chi connectivity index (χ2n) is 6.72. The highest BCUT2D eigenvalue weighted by Crippen LogP contribution is 2.24. The molecule has 0 saturated carbocycles. The molecule has 130 valence electrons. The van der Waals surface area contributed by atoms with Gasteiger partial charge >= 0.3 is 0 Å². The van der Waals surface area contributed by atoms with Gasteiger partial charge in [-0.25, -0.2) is 4.39 Å². The second-order valence-corrected chi connectivity index (χ2v) is 6.72. The van der Waals surface area contributed by atoms with Gasteiger partial charge in [-0.2, -0.15) is 0 Å². The fraction of sp³-hybridized carbons (Fsp3) is 0.556. The molecule has 6 heteroatoms. The number of hydrogen-bond acceptors (Lipinski definition) is 3. The summed E-state index contributed by atoms with van der Waals surface area (Å²) in [6, 6.07) is 6.02. The fourth-order valence-electron chi connectivity index (χ4n) is 3.58. The van der Waals surface area contributed by atoms with Crippen LogP contribution >= 0.6 is 0 Å². The number of halogens is 1. The minimum Gasteiger partial charge on any atom is -0.344 e. The summed E-state index contributed by atoms with van der Waals surface area (Å²) in [7, 11) is 0. The molecule has 0 bridgehead atoms. The number of benzene rings is 1. The average Bonchev–Trinajstić information content (AvgIpc) is 2.57. The maximum Gasteiger partial charge on any atom is 0.249 e. The predicted molar refractivity (Wildman–Crippen MR) is 90.1 cm³/mol. The van der Waals surface area contributed by atoms with Crippen molar-refractivity contribution in [3.63, 3.8) is 0 Å². The summed E-state index contributed by atoms with van der Waals surface area (Å²) in [5.41, 5.74) is 0.289. The van der Waals surface area contributed by atoms with Crippen molar-refractivity contribution in [2.75, 3.05) is 18.0 Å². The summed E-state index contributed by atoms with van der Waals surface area (Å²) in [4.78, 5) is 26.6. The molecule has 0 aromatic heterocycles. The van der Waals surface area contributed by atoms with Crippen LogP contribution in [0.3, 0.4) is 0 Å². The summed E-state index contributed by atoms with van der Waals surface area (Å²) in [5.74, 6) is -0.748. The van der Waals surface area contributed by atoms with Crippen LogP contribution in [0.25, 0.3) is 0 Å². The molecule has 1 aromatic rings. The first-order valence-electron chi connectivity index (χ1n) is 8.66. The molecule has 5 nitrogen and oxygen atoms in total. The molecule has 2 heterocycles. The highest BCUT2D eigenvalue weighted by Gasteiger charge is 2.34. The van der Waals surface area contributed by atoms with Gasteiger partial charge in [0.2, 0.25) is 11.8 Å². The van der Waals surface area contributed by atoms with Crippen molar-refractivity contribution in [2.45, 2.75) is 44.7 Å². The van der Waals surface area contributed by atoms with Crippen molar-refractivity contribution in [2.24, 2.45) is 5.92 Å². The number of piperidine rings is 2. The minimum absolute atomic E-state index is 0.0575. The number of para-hydroxylation sites is 1. The monoisotopic (exact) mass is 333 g/mol. The highest BCUT2D eigenvalue weighted by molar-refractivity contribution is 6.00. The number of amides is 2. The largest absolute Gasteiger partial charge is 0.344 e. The third kappa shape index (κ3) is 3.59. The molecule has 1 aromatic carbocycles. The van der Waals surface area contributed by atoms with Crippen LogP contribution < -0.4 is 15.5 Å². The quantitative estimate of drug-likeness (QED) is 0.887. The lowest BCUT2D eigenvalue weighted by atomic mass is 9.91. The van der Waals surface area contributed by atoms with E-state index in [1.165, 1.54) is 11.0 Å². The normalized spacial score (nSPS) is 27.8. The van der Waals surface area contributed by atoms with Crippen LogP contribution in [0.1, 0.15) is 32.6 Å². The second kappa shape index (κ2) is 7.30. The van der Waals surface area contributed by atoms with E-state index in [0.29, 0.717) is 19.0 Å². The van der Waals surface area contributed by atoms with E-state index in [9.17, 15) is 14.0 Å². The predicted octanol–water partition coefficient (Wildman–Crippen LogP) is 1.83. The van der Waals surface area contributed by atoms with Crippen molar-refractivity contribution in [3.05, 3.63) is 30.1 Å². The lowest BCUT2D eigenvalue weighted by Crippen LogP contribution is -2.54. The number of rotatable bonds is 3. The first kappa shape index (κ1) is 16.9. The van der Waals surface area contributed by atoms with Gasteiger partial charge in [-0.05, 0) is 51.3 Å². The van der Waals surface area contributed by atoms with Crippen molar-refractivity contribution in [1.29, 1.82) is 0 Å². The molecular weight excluding hydrogens is 309 g/mol. The SMILES string of the molecule is C[C@H]1C[C@@H](C(=O)NC2CCCN(c3ccccc3F)C2=O)CCN1. The smallest absolute Gasteiger partial charge is 0.249 e. The van der Waals surface area contributed by atoms with E-state index in [0.717, 1.165) is 25.8 Å². The number of carbonyl (C=O) groups is 2. The Balaban J connectivity index is 1.67. The van der Waals surface area contributed by atoms with E-state index in [1.54, 1.807) is 18.2 Å². The summed E-state index contributed by atoms with van der Waals surface area (Å²) in [6.07, 6.45) is 2.92. The van der Waals surface area contributed by atoms with Crippen LogP contribution in [0.5, 0.6) is 0 Å². The molecule has 0 spiro atoms. The van der Waals surface area contributed by atoms with Crippen molar-refractivity contribution in [3.8, 4) is 0 Å². The third-order valence-corrected chi connectivity index (χ3v) is 4.89. The summed E-state index contributed by atoms with van der Waals surface area (Å²) < 4.78 is 14.0. The Morgan fingerprint density at radius 3 is 2.88 bits per heavy atom. The fourth-order valence-corrected chi connectivity index (χ4v) is 3.58. The number of hydrogen-bond donors (Lipinski definition) is 2. The van der Waals surface area contributed by atoms with Gasteiger partial charge in [-0.3, -0.25) is 9.59 Å². The summed E-state index contributed by atoms with van der Waals surface area (Å²) >= 11 is 0. The van der Waals surface area contributed by atoms with Gasteiger partial charge in [-0.1, -0.05) is 12.1 Å². The van der Waals surface area contributed by atoms with Crippen LogP contribution in [-0.4, -0.2) is 37.0 Å². The Morgan fingerprint density at radius 1 is 1.33 bits per heavy atom. The van der Waals surface area contributed by atoms with E-state index in [2.05, 4.69) is 17.6 Å². The zero-order valence-corrected chi connectivity index (χ0v) is 13.9. The molecule has 2 N–H and O–H groups in total. The highest BCUT2D eigenvalue weighted by atomic mass is 19.1. The van der Waals surface area contributed by atoms with Crippen molar-refractivity contribution >= 4 is 17.5 Å². The van der Waals surface area contributed by atoms with E-state index >= 15 is 0 Å². The standard InChI is InChI=1S/C18H24FN3O2/c1-12-11-13(8-9-20-12)17(23)21-15-6-4-10-22(18(15)24)16-7-3-2-5-14(16)19/h2-3,5,7,12-13,15,20H,4,6,8-11H2,1H3,(H,21,23)/t12-,13-,15?/m0/s1. The Labute approximate surface area is 141 Å². The summed E-state index contributed by atoms with van der Waals surface area (Å²) in [5, 5.41) is 6.21. The topological polar surface area (TPSA) is 61.4 Å². The molecular formula is C18H24FN3O2. The van der Waals surface area contributed by atoms with E-state index < -0.39 is 11.9 Å². The molecule has 0 radical (unpaired) electrons. The lowest BCUT2D eigenvalue weighted by Gasteiger charge is -2.34. The molecule has 0 aliphatic carbocycles. The lowest BCUT2D eigenvalue weighted by molar-refractivity contribution is -0.131. The van der Waals surface area contributed by atoms with Crippen LogP contribution in [0.4, 0.5) is 10.1 Å². The molecule has 2 amide bonds. The minimum atomic E-state index is -0.559. The van der Waals surface area contributed by atoms with E-state index in [1.807, 2.05) is 0 Å². The van der Waals surface area contributed by atoms with Crippen molar-refractivity contribution < 1.29 is 14.0 Å². The van der Waals surface area contributed by atoms with Crippen LogP contribution in [0.15, 0.2) is 24.3 Å². The molecule has 3 atom stereocenters. The van der Waals surface area contributed by atoms with Crippen molar-refractivity contribution in [1.82, 2.24) is 10.6 Å². The molecule has 2 fully saturated rings. The maximum absolute atomic E-state index is 14.0. The van der Waals surface area contributed by atoms with E-state index in [4.69, 9.17) is 0 Å². The number of nitrogens with zero attached hydrogens (tertiary/aromatic N) is 1. The Kier molecular flexibility index (Phi) is 5.14. The van der Waals surface area contributed by atoms with Crippen LogP contribution in [0.2, 0.25) is 0 Å².